The molecule has 0 aromatic rings. The van der Waals surface area contributed by atoms with E-state index in [2.05, 4.69) is 0 Å². The summed E-state index contributed by atoms with van der Waals surface area (Å²) in [5.74, 6) is 1.05. The maximum atomic E-state index is 11.9. The third-order valence-electron chi connectivity index (χ3n) is 5.18. The fraction of sp³-hybridized carbons (Fsp3) is 0.938. The van der Waals surface area contributed by atoms with Crippen LogP contribution in [0.1, 0.15) is 19.3 Å². The number of hydrogen-bond donors (Lipinski definition) is 0. The summed E-state index contributed by atoms with van der Waals surface area (Å²) < 4.78 is 17.3. The largest absolute Gasteiger partial charge is 0.381 e. The lowest BCUT2D eigenvalue weighted by Gasteiger charge is -2.50. The Hall–Kier alpha value is -0.850. The first kappa shape index (κ1) is 16.0. The molecule has 3 heterocycles. The summed E-state index contributed by atoms with van der Waals surface area (Å²) in [5, 5.41) is 0. The van der Waals surface area contributed by atoms with Gasteiger partial charge in [-0.15, -0.1) is 0 Å². The van der Waals surface area contributed by atoms with E-state index in [1.165, 1.54) is 0 Å². The second-order valence-corrected chi connectivity index (χ2v) is 7.03. The molecule has 3 fully saturated rings. The van der Waals surface area contributed by atoms with Gasteiger partial charge in [0.15, 0.2) is 0 Å². The van der Waals surface area contributed by atoms with Crippen molar-refractivity contribution in [1.29, 1.82) is 0 Å². The van der Waals surface area contributed by atoms with Gasteiger partial charge in [0.05, 0.1) is 19.7 Å². The molecule has 0 saturated carbocycles. The molecule has 0 aliphatic carbocycles. The van der Waals surface area contributed by atoms with Crippen LogP contribution >= 0.6 is 0 Å². The molecule has 0 aromatic carbocycles. The predicted octanol–water partition coefficient (Wildman–Crippen LogP) is 1.20. The number of rotatable bonds is 4. The van der Waals surface area contributed by atoms with Crippen LogP contribution in [0.15, 0.2) is 0 Å². The van der Waals surface area contributed by atoms with Crippen molar-refractivity contribution in [2.45, 2.75) is 24.9 Å². The molecule has 6 heteroatoms. The quantitative estimate of drug-likeness (QED) is 0.783. The predicted molar refractivity (Wildman–Crippen MR) is 81.8 cm³/mol. The normalized spacial score (nSPS) is 27.9. The molecule has 1 spiro atoms. The summed E-state index contributed by atoms with van der Waals surface area (Å²) in [7, 11) is 3.58. The average Bonchev–Trinajstić information content (AvgIpc) is 2.90. The van der Waals surface area contributed by atoms with Crippen molar-refractivity contribution in [3.63, 3.8) is 0 Å². The molecule has 0 bridgehead atoms. The first-order valence-electron chi connectivity index (χ1n) is 8.36. The number of carbonyl (C=O) groups is 1. The van der Waals surface area contributed by atoms with E-state index in [0.717, 1.165) is 52.3 Å². The van der Waals surface area contributed by atoms with Crippen LogP contribution in [-0.4, -0.2) is 81.7 Å². The minimum absolute atomic E-state index is 0.0722. The molecule has 3 aliphatic rings. The van der Waals surface area contributed by atoms with E-state index in [1.807, 2.05) is 4.90 Å². The van der Waals surface area contributed by atoms with Gasteiger partial charge in [0.25, 0.3) is 0 Å². The maximum Gasteiger partial charge on any atom is 0.319 e. The molecule has 0 aromatic heterocycles. The molecule has 0 N–H and O–H groups in total. The van der Waals surface area contributed by atoms with Crippen molar-refractivity contribution in [3.8, 4) is 0 Å². The van der Waals surface area contributed by atoms with Crippen LogP contribution in [0.2, 0.25) is 0 Å². The van der Waals surface area contributed by atoms with Crippen molar-refractivity contribution in [3.05, 3.63) is 0 Å². The fourth-order valence-electron chi connectivity index (χ4n) is 3.68. The van der Waals surface area contributed by atoms with Crippen LogP contribution in [0.3, 0.4) is 0 Å². The molecule has 1 atom stereocenters. The Kier molecular flexibility index (Phi) is 4.90. The molecule has 0 radical (unpaired) electrons. The minimum atomic E-state index is -0.151. The number of nitrogens with zero attached hydrogens (tertiary/aromatic N) is 2. The zero-order chi connectivity index (χ0) is 15.6. The lowest BCUT2D eigenvalue weighted by molar-refractivity contribution is -0.130. The van der Waals surface area contributed by atoms with Gasteiger partial charge < -0.3 is 24.0 Å². The molecule has 3 saturated heterocycles. The van der Waals surface area contributed by atoms with E-state index in [4.69, 9.17) is 14.2 Å². The minimum Gasteiger partial charge on any atom is -0.381 e. The Balaban J connectivity index is 1.43. The second-order valence-electron chi connectivity index (χ2n) is 7.03. The van der Waals surface area contributed by atoms with Gasteiger partial charge in [0.1, 0.15) is 5.60 Å². The SMILES string of the molecule is CN(C)C(=O)N1CC2(C1)OCC[C@@H]2COCC1CCOCC1. The van der Waals surface area contributed by atoms with Crippen molar-refractivity contribution >= 4 is 6.03 Å². The third-order valence-corrected chi connectivity index (χ3v) is 5.18. The molecule has 0 unspecified atom stereocenters. The van der Waals surface area contributed by atoms with Crippen LogP contribution in [-0.2, 0) is 14.2 Å². The first-order valence-corrected chi connectivity index (χ1v) is 8.36. The summed E-state index contributed by atoms with van der Waals surface area (Å²) in [6, 6.07) is 0.0722. The van der Waals surface area contributed by atoms with Crippen LogP contribution in [0.5, 0.6) is 0 Å². The van der Waals surface area contributed by atoms with Crippen LogP contribution < -0.4 is 0 Å². The second kappa shape index (κ2) is 6.72. The van der Waals surface area contributed by atoms with Crippen molar-refractivity contribution in [2.24, 2.45) is 11.8 Å². The number of carbonyl (C=O) groups excluding carboxylic acids is 1. The van der Waals surface area contributed by atoms with E-state index >= 15 is 0 Å². The van der Waals surface area contributed by atoms with Gasteiger partial charge in [-0.25, -0.2) is 4.79 Å². The van der Waals surface area contributed by atoms with Gasteiger partial charge in [-0.05, 0) is 25.2 Å². The highest BCUT2D eigenvalue weighted by Crippen LogP contribution is 2.40. The monoisotopic (exact) mass is 312 g/mol. The molecule has 126 valence electrons. The van der Waals surface area contributed by atoms with Crippen molar-refractivity contribution in [1.82, 2.24) is 9.80 Å². The number of urea groups is 1. The van der Waals surface area contributed by atoms with Gasteiger partial charge in [-0.1, -0.05) is 0 Å². The van der Waals surface area contributed by atoms with Crippen molar-refractivity contribution in [2.75, 3.05) is 60.2 Å². The molecule has 3 aliphatic heterocycles. The maximum absolute atomic E-state index is 11.9. The Labute approximate surface area is 132 Å². The number of amides is 2. The van der Waals surface area contributed by atoms with Gasteiger partial charge in [-0.3, -0.25) is 0 Å². The topological polar surface area (TPSA) is 51.2 Å². The van der Waals surface area contributed by atoms with Gasteiger partial charge in [0.2, 0.25) is 0 Å². The number of ether oxygens (including phenoxy) is 3. The zero-order valence-electron chi connectivity index (χ0n) is 13.8. The number of hydrogen-bond acceptors (Lipinski definition) is 4. The van der Waals surface area contributed by atoms with Gasteiger partial charge in [0, 0.05) is 46.4 Å². The Morgan fingerprint density at radius 1 is 1.18 bits per heavy atom. The first-order chi connectivity index (χ1) is 10.6. The summed E-state index contributed by atoms with van der Waals surface area (Å²) in [6.07, 6.45) is 3.26. The molecule has 2 amide bonds. The zero-order valence-corrected chi connectivity index (χ0v) is 13.8. The summed E-state index contributed by atoms with van der Waals surface area (Å²) in [5.41, 5.74) is -0.151. The molecular formula is C16H28N2O4. The van der Waals surface area contributed by atoms with Crippen molar-refractivity contribution < 1.29 is 19.0 Å². The third kappa shape index (κ3) is 3.24. The van der Waals surface area contributed by atoms with E-state index < -0.39 is 0 Å². The van der Waals surface area contributed by atoms with Crippen LogP contribution in [0.4, 0.5) is 4.79 Å². The van der Waals surface area contributed by atoms with Crippen LogP contribution in [0.25, 0.3) is 0 Å². The highest BCUT2D eigenvalue weighted by Gasteiger charge is 2.54. The Bertz CT molecular complexity index is 390. The lowest BCUT2D eigenvalue weighted by atomic mass is 9.81. The molecule has 6 nitrogen and oxygen atoms in total. The van der Waals surface area contributed by atoms with E-state index in [0.29, 0.717) is 24.9 Å². The highest BCUT2D eigenvalue weighted by atomic mass is 16.5. The molecule has 3 rings (SSSR count). The summed E-state index contributed by atoms with van der Waals surface area (Å²) in [6.45, 7) is 5.51. The van der Waals surface area contributed by atoms with Gasteiger partial charge in [-0.2, -0.15) is 0 Å². The van der Waals surface area contributed by atoms with Crippen LogP contribution in [0, 0.1) is 11.8 Å². The smallest absolute Gasteiger partial charge is 0.319 e. The highest BCUT2D eigenvalue weighted by molar-refractivity contribution is 5.75. The summed E-state index contributed by atoms with van der Waals surface area (Å²) in [4.78, 5) is 15.4. The molecular weight excluding hydrogens is 284 g/mol. The van der Waals surface area contributed by atoms with E-state index in [-0.39, 0.29) is 11.6 Å². The summed E-state index contributed by atoms with van der Waals surface area (Å²) >= 11 is 0. The van der Waals surface area contributed by atoms with Gasteiger partial charge >= 0.3 is 6.03 Å². The standard InChI is InChI=1S/C16H28N2O4/c1-17(2)15(19)18-11-16(12-18)14(5-8-22-16)10-21-9-13-3-6-20-7-4-13/h13-14H,3-12H2,1-2H3/t14-/m1/s1. The number of likely N-dealkylation sites (tertiary alicyclic amines) is 1. The average molecular weight is 312 g/mol. The molecule has 22 heavy (non-hydrogen) atoms. The Morgan fingerprint density at radius 2 is 1.91 bits per heavy atom. The fourth-order valence-corrected chi connectivity index (χ4v) is 3.68. The van der Waals surface area contributed by atoms with E-state index in [9.17, 15) is 4.79 Å². The van der Waals surface area contributed by atoms with E-state index in [1.54, 1.807) is 19.0 Å². The lowest BCUT2D eigenvalue weighted by Crippen LogP contribution is -2.68. The Morgan fingerprint density at radius 3 is 2.59 bits per heavy atom.